The predicted molar refractivity (Wildman–Crippen MR) is 59.5 cm³/mol. The number of rotatable bonds is 3. The highest BCUT2D eigenvalue weighted by molar-refractivity contribution is 14.1. The van der Waals surface area contributed by atoms with Crippen LogP contribution in [0.1, 0.15) is 20.3 Å². The summed E-state index contributed by atoms with van der Waals surface area (Å²) in [6, 6.07) is 8.12. The number of halogens is 1. The van der Waals surface area contributed by atoms with Crippen LogP contribution in [-0.2, 0) is 0 Å². The summed E-state index contributed by atoms with van der Waals surface area (Å²) in [5, 5.41) is 0. The van der Waals surface area contributed by atoms with E-state index in [-0.39, 0.29) is 0 Å². The summed E-state index contributed by atoms with van der Waals surface area (Å²) in [7, 11) is 0. The lowest BCUT2D eigenvalue weighted by atomic mass is 10.3. The molecular formula is C10H13IO. The minimum Gasteiger partial charge on any atom is -0.491 e. The highest BCUT2D eigenvalue weighted by Crippen LogP contribution is 2.16. The topological polar surface area (TPSA) is 9.23 Å². The van der Waals surface area contributed by atoms with Gasteiger partial charge in [0.25, 0.3) is 0 Å². The number of ether oxygens (including phenoxy) is 1. The van der Waals surface area contributed by atoms with E-state index in [1.54, 1.807) is 0 Å². The number of hydrogen-bond donors (Lipinski definition) is 0. The van der Waals surface area contributed by atoms with Crippen LogP contribution < -0.4 is 4.74 Å². The van der Waals surface area contributed by atoms with E-state index in [9.17, 15) is 0 Å². The number of hydrogen-bond acceptors (Lipinski definition) is 1. The maximum atomic E-state index is 5.64. The Labute approximate surface area is 87.3 Å². The first-order chi connectivity index (χ1) is 5.72. The van der Waals surface area contributed by atoms with Gasteiger partial charge in [-0.2, -0.15) is 0 Å². The standard InChI is InChI=1S/C10H13IO/c1-3-8(2)12-10-6-4-5-9(11)7-10/h4-8H,3H2,1-2H3. The molecule has 0 radical (unpaired) electrons. The Bertz CT molecular complexity index is 247. The molecule has 0 bridgehead atoms. The van der Waals surface area contributed by atoms with Crippen LogP contribution in [0, 0.1) is 3.57 Å². The highest BCUT2D eigenvalue weighted by atomic mass is 127. The van der Waals surface area contributed by atoms with E-state index in [2.05, 4.69) is 42.5 Å². The second kappa shape index (κ2) is 4.70. The van der Waals surface area contributed by atoms with Crippen LogP contribution in [0.4, 0.5) is 0 Å². The molecule has 2 heteroatoms. The van der Waals surface area contributed by atoms with E-state index < -0.39 is 0 Å². The molecule has 0 heterocycles. The molecular weight excluding hydrogens is 263 g/mol. The van der Waals surface area contributed by atoms with Crippen LogP contribution in [0.3, 0.4) is 0 Å². The molecule has 1 rings (SSSR count). The summed E-state index contributed by atoms with van der Waals surface area (Å²) in [6.07, 6.45) is 1.36. The average Bonchev–Trinajstić information content (AvgIpc) is 2.04. The fourth-order valence-corrected chi connectivity index (χ4v) is 1.37. The molecule has 12 heavy (non-hydrogen) atoms. The Morgan fingerprint density at radius 3 is 2.83 bits per heavy atom. The van der Waals surface area contributed by atoms with Gasteiger partial charge in [-0.05, 0) is 54.1 Å². The van der Waals surface area contributed by atoms with Crippen LogP contribution in [0.15, 0.2) is 24.3 Å². The second-order valence-electron chi connectivity index (χ2n) is 2.79. The quantitative estimate of drug-likeness (QED) is 0.768. The molecule has 0 fully saturated rings. The highest BCUT2D eigenvalue weighted by Gasteiger charge is 1.99. The fraction of sp³-hybridized carbons (Fsp3) is 0.400. The molecule has 0 N–H and O–H groups in total. The van der Waals surface area contributed by atoms with Gasteiger partial charge in [0, 0.05) is 3.57 Å². The molecule has 0 aliphatic carbocycles. The van der Waals surface area contributed by atoms with Gasteiger partial charge in [0.2, 0.25) is 0 Å². The van der Waals surface area contributed by atoms with Crippen LogP contribution in [0.2, 0.25) is 0 Å². The van der Waals surface area contributed by atoms with Crippen molar-refractivity contribution < 1.29 is 4.74 Å². The summed E-state index contributed by atoms with van der Waals surface area (Å²) in [4.78, 5) is 0. The van der Waals surface area contributed by atoms with Gasteiger partial charge < -0.3 is 4.74 Å². The predicted octanol–water partition coefficient (Wildman–Crippen LogP) is 3.47. The van der Waals surface area contributed by atoms with E-state index in [1.165, 1.54) is 3.57 Å². The SMILES string of the molecule is CCC(C)Oc1cccc(I)c1. The summed E-state index contributed by atoms with van der Waals surface area (Å²) in [5.74, 6) is 0.969. The molecule has 0 aliphatic heterocycles. The van der Waals surface area contributed by atoms with Gasteiger partial charge >= 0.3 is 0 Å². The van der Waals surface area contributed by atoms with Gasteiger partial charge in [0.05, 0.1) is 6.10 Å². The van der Waals surface area contributed by atoms with Gasteiger partial charge in [-0.3, -0.25) is 0 Å². The zero-order valence-electron chi connectivity index (χ0n) is 7.38. The molecule has 0 saturated carbocycles. The monoisotopic (exact) mass is 276 g/mol. The molecule has 66 valence electrons. The Morgan fingerprint density at radius 2 is 2.25 bits per heavy atom. The van der Waals surface area contributed by atoms with Crippen LogP contribution in [0.25, 0.3) is 0 Å². The summed E-state index contributed by atoms with van der Waals surface area (Å²) < 4.78 is 6.86. The van der Waals surface area contributed by atoms with E-state index in [0.717, 1.165) is 12.2 Å². The molecule has 0 spiro atoms. The van der Waals surface area contributed by atoms with Gasteiger partial charge in [-0.15, -0.1) is 0 Å². The zero-order valence-corrected chi connectivity index (χ0v) is 9.54. The van der Waals surface area contributed by atoms with E-state index in [1.807, 2.05) is 18.2 Å². The maximum absolute atomic E-state index is 5.64. The number of benzene rings is 1. The van der Waals surface area contributed by atoms with Crippen molar-refractivity contribution in [1.82, 2.24) is 0 Å². The van der Waals surface area contributed by atoms with Crippen molar-refractivity contribution in [1.29, 1.82) is 0 Å². The summed E-state index contributed by atoms with van der Waals surface area (Å²) >= 11 is 2.28. The first-order valence-electron chi connectivity index (χ1n) is 4.14. The van der Waals surface area contributed by atoms with Gasteiger partial charge in [0.15, 0.2) is 0 Å². The molecule has 1 aromatic carbocycles. The molecule has 0 aromatic heterocycles. The lowest BCUT2D eigenvalue weighted by molar-refractivity contribution is 0.217. The van der Waals surface area contributed by atoms with Crippen molar-refractivity contribution in [2.75, 3.05) is 0 Å². The van der Waals surface area contributed by atoms with Gasteiger partial charge in [-0.25, -0.2) is 0 Å². The van der Waals surface area contributed by atoms with Crippen molar-refractivity contribution >= 4 is 22.6 Å². The molecule has 1 nitrogen and oxygen atoms in total. The van der Waals surface area contributed by atoms with Crippen molar-refractivity contribution in [2.45, 2.75) is 26.4 Å². The fourth-order valence-electron chi connectivity index (χ4n) is 0.856. The van der Waals surface area contributed by atoms with Crippen LogP contribution in [0.5, 0.6) is 5.75 Å². The van der Waals surface area contributed by atoms with Crippen LogP contribution >= 0.6 is 22.6 Å². The minimum atomic E-state index is 0.309. The van der Waals surface area contributed by atoms with Gasteiger partial charge in [-0.1, -0.05) is 13.0 Å². The first-order valence-corrected chi connectivity index (χ1v) is 5.22. The van der Waals surface area contributed by atoms with Crippen LogP contribution in [-0.4, -0.2) is 6.10 Å². The Morgan fingerprint density at radius 1 is 1.50 bits per heavy atom. The van der Waals surface area contributed by atoms with Gasteiger partial charge in [0.1, 0.15) is 5.75 Å². The molecule has 0 saturated heterocycles. The minimum absolute atomic E-state index is 0.309. The van der Waals surface area contributed by atoms with Crippen molar-refractivity contribution in [3.8, 4) is 5.75 Å². The van der Waals surface area contributed by atoms with E-state index in [0.29, 0.717) is 6.10 Å². The van der Waals surface area contributed by atoms with E-state index >= 15 is 0 Å². The molecule has 1 aromatic rings. The first kappa shape index (κ1) is 9.84. The smallest absolute Gasteiger partial charge is 0.120 e. The normalized spacial score (nSPS) is 12.6. The van der Waals surface area contributed by atoms with E-state index in [4.69, 9.17) is 4.74 Å². The summed E-state index contributed by atoms with van der Waals surface area (Å²) in [6.45, 7) is 4.21. The van der Waals surface area contributed by atoms with Crippen molar-refractivity contribution in [3.05, 3.63) is 27.8 Å². The summed E-state index contributed by atoms with van der Waals surface area (Å²) in [5.41, 5.74) is 0. The lowest BCUT2D eigenvalue weighted by Gasteiger charge is -2.12. The molecule has 1 atom stereocenters. The third-order valence-electron chi connectivity index (χ3n) is 1.71. The largest absolute Gasteiger partial charge is 0.491 e. The second-order valence-corrected chi connectivity index (χ2v) is 4.04. The molecule has 0 aliphatic rings. The maximum Gasteiger partial charge on any atom is 0.120 e. The van der Waals surface area contributed by atoms with Crippen molar-refractivity contribution in [3.63, 3.8) is 0 Å². The Hall–Kier alpha value is -0.250. The average molecular weight is 276 g/mol. The Balaban J connectivity index is 2.63. The Kier molecular flexibility index (Phi) is 3.85. The zero-order chi connectivity index (χ0) is 8.97. The lowest BCUT2D eigenvalue weighted by Crippen LogP contribution is -2.09. The third-order valence-corrected chi connectivity index (χ3v) is 2.38. The third kappa shape index (κ3) is 3.01. The molecule has 1 unspecified atom stereocenters. The van der Waals surface area contributed by atoms with Crippen molar-refractivity contribution in [2.24, 2.45) is 0 Å². The molecule has 0 amide bonds.